The molecule has 1 fully saturated rings. The Morgan fingerprint density at radius 3 is 1.96 bits per heavy atom. The molecule has 3 aliphatic rings. The molecule has 1 saturated heterocycles. The number of aromatic hydroxyl groups is 2. The number of methoxy groups -OCH3 is 2. The van der Waals surface area contributed by atoms with Gasteiger partial charge in [-0.25, -0.2) is 4.79 Å². The molecule has 51 heavy (non-hydrogen) atoms. The molecule has 3 N–H and O–H groups in total. The number of hydrogen-bond donors (Lipinski definition) is 3. The largest absolute Gasteiger partial charge is 0.507 e. The molecule has 0 bridgehead atoms. The van der Waals surface area contributed by atoms with Crippen molar-refractivity contribution in [2.24, 2.45) is 0 Å². The van der Waals surface area contributed by atoms with Crippen LogP contribution in [0.25, 0.3) is 0 Å². The van der Waals surface area contributed by atoms with E-state index in [9.17, 15) is 48.9 Å². The van der Waals surface area contributed by atoms with Crippen LogP contribution in [-0.4, -0.2) is 107 Å². The van der Waals surface area contributed by atoms with E-state index in [1.807, 2.05) is 0 Å². The molecule has 1 heterocycles. The molecule has 0 aromatic heterocycles. The van der Waals surface area contributed by atoms with Crippen molar-refractivity contribution in [3.8, 4) is 17.2 Å². The summed E-state index contributed by atoms with van der Waals surface area (Å²) in [4.78, 5) is 90.2. The van der Waals surface area contributed by atoms with Gasteiger partial charge < -0.3 is 48.5 Å². The summed E-state index contributed by atoms with van der Waals surface area (Å²) in [7, 11) is 2.24. The number of phenols is 2. The molecule has 0 saturated carbocycles. The average Bonchev–Trinajstić information content (AvgIpc) is 3.06. The number of fused-ring (bicyclic) bond motifs is 3. The van der Waals surface area contributed by atoms with Crippen molar-refractivity contribution in [2.45, 2.75) is 82.9 Å². The van der Waals surface area contributed by atoms with Gasteiger partial charge in [0.25, 0.3) is 0 Å². The quantitative estimate of drug-likeness (QED) is 0.167. The Hall–Kier alpha value is -5.39. The predicted octanol–water partition coefficient (Wildman–Crippen LogP) is 0.899. The van der Waals surface area contributed by atoms with E-state index in [0.29, 0.717) is 0 Å². The van der Waals surface area contributed by atoms with Crippen molar-refractivity contribution in [3.05, 3.63) is 51.6 Å². The number of aliphatic hydroxyl groups is 1. The molecule has 5 rings (SSSR count). The Morgan fingerprint density at radius 1 is 0.804 bits per heavy atom. The molecule has 0 radical (unpaired) electrons. The summed E-state index contributed by atoms with van der Waals surface area (Å²) in [6.45, 7) is 3.99. The molecule has 2 aromatic rings. The van der Waals surface area contributed by atoms with E-state index in [1.165, 1.54) is 25.3 Å². The highest BCUT2D eigenvalue weighted by molar-refractivity contribution is 6.31. The lowest BCUT2D eigenvalue weighted by Crippen LogP contribution is -2.64. The third-order valence-corrected chi connectivity index (χ3v) is 8.86. The lowest BCUT2D eigenvalue weighted by Gasteiger charge is -2.45. The molecule has 2 aliphatic carbocycles. The third-order valence-electron chi connectivity index (χ3n) is 8.86. The van der Waals surface area contributed by atoms with E-state index in [-0.39, 0.29) is 28.0 Å². The average molecular weight is 715 g/mol. The van der Waals surface area contributed by atoms with Gasteiger partial charge in [-0.15, -0.1) is 0 Å². The number of benzene rings is 2. The van der Waals surface area contributed by atoms with Crippen LogP contribution in [0.3, 0.4) is 0 Å². The smallest absolute Gasteiger partial charge is 0.339 e. The Bertz CT molecular complexity index is 1860. The SMILES string of the molecule is COC(=O)[C@H]1O[C@H](O[C@H]2C[C@](O)(C(C)=O)Cc3c(O)c4c(c(O)c32)C(=O)c2c(OC)cccc2C4=O)[C@H](OC(C)=O)[C@@H](OC(C)=O)[C@@H]1OC(C)=O. The molecular weight excluding hydrogens is 680 g/mol. The van der Waals surface area contributed by atoms with E-state index in [2.05, 4.69) is 0 Å². The van der Waals surface area contributed by atoms with Crippen LogP contribution >= 0.6 is 0 Å². The highest BCUT2D eigenvalue weighted by Gasteiger charge is 2.57. The zero-order chi connectivity index (χ0) is 37.7. The van der Waals surface area contributed by atoms with Crippen LogP contribution in [0.1, 0.15) is 83.2 Å². The number of phenolic OH excluding ortho intramolecular Hbond substituents is 2. The van der Waals surface area contributed by atoms with Crippen molar-refractivity contribution < 1.29 is 82.0 Å². The Kier molecular flexibility index (Phi) is 9.93. The Morgan fingerprint density at radius 2 is 1.39 bits per heavy atom. The number of ether oxygens (including phenoxy) is 7. The Balaban J connectivity index is 1.71. The molecule has 0 spiro atoms. The summed E-state index contributed by atoms with van der Waals surface area (Å²) >= 11 is 0. The van der Waals surface area contributed by atoms with Crippen molar-refractivity contribution >= 4 is 41.2 Å². The van der Waals surface area contributed by atoms with E-state index in [0.717, 1.165) is 34.8 Å². The number of rotatable bonds is 8. The van der Waals surface area contributed by atoms with Crippen molar-refractivity contribution in [2.75, 3.05) is 14.2 Å². The van der Waals surface area contributed by atoms with Gasteiger partial charge in [0.1, 0.15) is 22.8 Å². The van der Waals surface area contributed by atoms with Crippen LogP contribution in [0, 0.1) is 0 Å². The van der Waals surface area contributed by atoms with Gasteiger partial charge in [0.05, 0.1) is 37.0 Å². The number of Topliss-reactive ketones (excluding diaryl/α,β-unsaturated/α-hetero) is 1. The number of carbonyl (C=O) groups is 7. The van der Waals surface area contributed by atoms with Gasteiger partial charge in [-0.2, -0.15) is 0 Å². The van der Waals surface area contributed by atoms with E-state index in [1.54, 1.807) is 0 Å². The van der Waals surface area contributed by atoms with Crippen molar-refractivity contribution in [1.29, 1.82) is 0 Å². The van der Waals surface area contributed by atoms with Gasteiger partial charge in [0.2, 0.25) is 12.1 Å². The summed E-state index contributed by atoms with van der Waals surface area (Å²) in [6, 6.07) is 4.19. The number of carbonyl (C=O) groups excluding carboxylic acids is 7. The fourth-order valence-corrected chi connectivity index (χ4v) is 6.65. The fourth-order valence-electron chi connectivity index (χ4n) is 6.65. The number of hydrogen-bond acceptors (Lipinski definition) is 17. The maximum atomic E-state index is 13.9. The summed E-state index contributed by atoms with van der Waals surface area (Å²) in [5.41, 5.74) is -4.58. The monoisotopic (exact) mass is 714 g/mol. The predicted molar refractivity (Wildman–Crippen MR) is 165 cm³/mol. The van der Waals surface area contributed by atoms with Gasteiger partial charge >= 0.3 is 23.9 Å². The molecule has 2 aromatic carbocycles. The minimum absolute atomic E-state index is 0.000562. The topological polar surface area (TPSA) is 245 Å². The molecular formula is C34H34O17. The lowest BCUT2D eigenvalue weighted by atomic mass is 9.72. The second-order valence-electron chi connectivity index (χ2n) is 12.1. The van der Waals surface area contributed by atoms with Crippen molar-refractivity contribution in [3.63, 3.8) is 0 Å². The molecule has 7 atom stereocenters. The third kappa shape index (κ3) is 6.39. The van der Waals surface area contributed by atoms with E-state index >= 15 is 0 Å². The summed E-state index contributed by atoms with van der Waals surface area (Å²) in [5.74, 6) is -8.35. The van der Waals surface area contributed by atoms with Crippen LogP contribution < -0.4 is 4.74 Å². The van der Waals surface area contributed by atoms with Gasteiger partial charge in [-0.3, -0.25) is 28.8 Å². The minimum atomic E-state index is -2.32. The van der Waals surface area contributed by atoms with E-state index in [4.69, 9.17) is 33.2 Å². The zero-order valence-electron chi connectivity index (χ0n) is 28.2. The van der Waals surface area contributed by atoms with Gasteiger partial charge in [0.15, 0.2) is 36.0 Å². The van der Waals surface area contributed by atoms with E-state index < -0.39 is 119 Å². The second-order valence-corrected chi connectivity index (χ2v) is 12.1. The standard InChI is InChI=1S/C34H34O17/c1-12(35)34(44)10-17-21(27(42)23-22(25(17)40)24(39)16-8-7-9-18(45-5)20(16)26(23)41)19(11-34)50-33-31(49-15(4)38)29(48-14(3)37)28(47-13(2)36)30(51-33)32(43)46-6/h7-9,19,28-31,33,40,42,44H,10-11H2,1-6H3/t19-,28-,29-,30-,31+,33-,34-/m0/s1. The Labute approximate surface area is 289 Å². The van der Waals surface area contributed by atoms with Crippen molar-refractivity contribution in [1.82, 2.24) is 0 Å². The number of esters is 4. The first-order valence-corrected chi connectivity index (χ1v) is 15.5. The molecule has 0 amide bonds. The maximum absolute atomic E-state index is 13.9. The normalized spacial score (nSPS) is 26.5. The lowest BCUT2D eigenvalue weighted by molar-refractivity contribution is -0.314. The molecule has 0 unspecified atom stereocenters. The van der Waals surface area contributed by atoms with Gasteiger partial charge in [0, 0.05) is 50.3 Å². The zero-order valence-corrected chi connectivity index (χ0v) is 28.2. The molecule has 272 valence electrons. The first-order valence-electron chi connectivity index (χ1n) is 15.5. The summed E-state index contributed by atoms with van der Waals surface area (Å²) in [5, 5.41) is 34.9. The first kappa shape index (κ1) is 36.9. The molecule has 1 aliphatic heterocycles. The van der Waals surface area contributed by atoms with Crippen LogP contribution in [-0.2, 0) is 58.8 Å². The fraction of sp³-hybridized carbons (Fsp3) is 0.441. The van der Waals surface area contributed by atoms with Gasteiger partial charge in [-0.1, -0.05) is 12.1 Å². The van der Waals surface area contributed by atoms with Crippen LogP contribution in [0.4, 0.5) is 0 Å². The van der Waals surface area contributed by atoms with Crippen LogP contribution in [0.2, 0.25) is 0 Å². The summed E-state index contributed by atoms with van der Waals surface area (Å²) in [6.07, 6.45) is -12.3. The molecule has 17 heteroatoms. The molecule has 17 nitrogen and oxygen atoms in total. The maximum Gasteiger partial charge on any atom is 0.339 e. The number of ketones is 3. The van der Waals surface area contributed by atoms with Crippen LogP contribution in [0.5, 0.6) is 17.2 Å². The highest BCUT2D eigenvalue weighted by atomic mass is 16.7. The van der Waals surface area contributed by atoms with Crippen LogP contribution in [0.15, 0.2) is 18.2 Å². The second kappa shape index (κ2) is 13.7. The highest BCUT2D eigenvalue weighted by Crippen LogP contribution is 2.52. The first-order chi connectivity index (χ1) is 23.9. The van der Waals surface area contributed by atoms with Gasteiger partial charge in [-0.05, 0) is 13.0 Å². The summed E-state index contributed by atoms with van der Waals surface area (Å²) < 4.78 is 38.1. The minimum Gasteiger partial charge on any atom is -0.507 e.